The molecule has 2 nitrogen and oxygen atoms in total. The van der Waals surface area contributed by atoms with E-state index in [0.29, 0.717) is 6.42 Å². The van der Waals surface area contributed by atoms with Crippen molar-refractivity contribution in [2.75, 3.05) is 6.26 Å². The van der Waals surface area contributed by atoms with Crippen molar-refractivity contribution in [1.29, 1.82) is 0 Å². The first-order valence-corrected chi connectivity index (χ1v) is 6.48. The highest BCUT2D eigenvalue weighted by atomic mass is 32.2. The highest BCUT2D eigenvalue weighted by molar-refractivity contribution is 7.98. The standard InChI is InChI=1S/C13H18O2S/c1-13(2,3)15-12(14)9-10-7-5-6-8-11(10)16-4/h5-8H,9H2,1-4H3. The van der Waals surface area contributed by atoms with Crippen molar-refractivity contribution in [2.24, 2.45) is 0 Å². The maximum atomic E-state index is 11.7. The van der Waals surface area contributed by atoms with Gasteiger partial charge in [0, 0.05) is 4.90 Å². The molecule has 1 aromatic rings. The minimum Gasteiger partial charge on any atom is -0.460 e. The molecule has 0 aliphatic heterocycles. The lowest BCUT2D eigenvalue weighted by Crippen LogP contribution is -2.25. The van der Waals surface area contributed by atoms with Gasteiger partial charge in [-0.3, -0.25) is 4.79 Å². The molecule has 88 valence electrons. The van der Waals surface area contributed by atoms with E-state index < -0.39 is 5.60 Å². The van der Waals surface area contributed by atoms with Gasteiger partial charge in [0.2, 0.25) is 0 Å². The van der Waals surface area contributed by atoms with E-state index in [1.54, 1.807) is 11.8 Å². The number of carbonyl (C=O) groups is 1. The molecule has 0 unspecified atom stereocenters. The molecular formula is C13H18O2S. The molecule has 0 heterocycles. The SMILES string of the molecule is CSc1ccccc1CC(=O)OC(C)(C)C. The summed E-state index contributed by atoms with van der Waals surface area (Å²) in [5.41, 5.74) is 0.620. The average molecular weight is 238 g/mol. The molecule has 3 heteroatoms. The van der Waals surface area contributed by atoms with Gasteiger partial charge >= 0.3 is 5.97 Å². The third-order valence-corrected chi connectivity index (χ3v) is 2.79. The molecule has 0 atom stereocenters. The largest absolute Gasteiger partial charge is 0.460 e. The second-order valence-electron chi connectivity index (χ2n) is 4.58. The van der Waals surface area contributed by atoms with Gasteiger partial charge in [0.15, 0.2) is 0 Å². The zero-order valence-electron chi connectivity index (χ0n) is 10.2. The predicted octanol–water partition coefficient (Wildman–Crippen LogP) is 3.29. The van der Waals surface area contributed by atoms with Gasteiger partial charge in [-0.1, -0.05) is 18.2 Å². The number of rotatable bonds is 3. The minimum absolute atomic E-state index is 0.172. The Labute approximate surface area is 101 Å². The fourth-order valence-corrected chi connectivity index (χ4v) is 2.00. The number of benzene rings is 1. The van der Waals surface area contributed by atoms with Crippen molar-refractivity contribution >= 4 is 17.7 Å². The van der Waals surface area contributed by atoms with Crippen LogP contribution in [0.3, 0.4) is 0 Å². The topological polar surface area (TPSA) is 26.3 Å². The molecule has 0 aromatic heterocycles. The summed E-state index contributed by atoms with van der Waals surface area (Å²) < 4.78 is 5.29. The first kappa shape index (κ1) is 13.1. The van der Waals surface area contributed by atoms with Crippen LogP contribution in [0.4, 0.5) is 0 Å². The summed E-state index contributed by atoms with van der Waals surface area (Å²) in [6, 6.07) is 7.91. The van der Waals surface area contributed by atoms with Crippen molar-refractivity contribution < 1.29 is 9.53 Å². The molecule has 1 rings (SSSR count). The summed E-state index contributed by atoms with van der Waals surface area (Å²) in [5, 5.41) is 0. The highest BCUT2D eigenvalue weighted by Gasteiger charge is 2.17. The molecule has 0 saturated heterocycles. The normalized spacial score (nSPS) is 11.2. The molecule has 0 radical (unpaired) electrons. The lowest BCUT2D eigenvalue weighted by Gasteiger charge is -2.19. The number of hydrogen-bond donors (Lipinski definition) is 0. The van der Waals surface area contributed by atoms with Crippen LogP contribution in [0.25, 0.3) is 0 Å². The van der Waals surface area contributed by atoms with Gasteiger partial charge in [0.1, 0.15) is 5.60 Å². The molecule has 0 bridgehead atoms. The van der Waals surface area contributed by atoms with Crippen LogP contribution in [0, 0.1) is 0 Å². The van der Waals surface area contributed by atoms with Crippen LogP contribution in [0.1, 0.15) is 26.3 Å². The second-order valence-corrected chi connectivity index (χ2v) is 5.42. The van der Waals surface area contributed by atoms with E-state index >= 15 is 0 Å². The van der Waals surface area contributed by atoms with Gasteiger partial charge in [0.05, 0.1) is 6.42 Å². The molecule has 0 amide bonds. The number of hydrogen-bond acceptors (Lipinski definition) is 3. The molecule has 1 aromatic carbocycles. The fourth-order valence-electron chi connectivity index (χ4n) is 1.38. The van der Waals surface area contributed by atoms with Crippen LogP contribution in [0.5, 0.6) is 0 Å². The third kappa shape index (κ3) is 4.27. The Morgan fingerprint density at radius 1 is 1.31 bits per heavy atom. The lowest BCUT2D eigenvalue weighted by atomic mass is 10.1. The quantitative estimate of drug-likeness (QED) is 0.597. The summed E-state index contributed by atoms with van der Waals surface area (Å²) in [7, 11) is 0. The third-order valence-electron chi connectivity index (χ3n) is 1.95. The van der Waals surface area contributed by atoms with E-state index in [9.17, 15) is 4.79 Å². The Balaban J connectivity index is 2.70. The van der Waals surface area contributed by atoms with Crippen molar-refractivity contribution in [3.05, 3.63) is 29.8 Å². The summed E-state index contributed by atoms with van der Waals surface area (Å²) in [6.07, 6.45) is 2.35. The number of carbonyl (C=O) groups excluding carboxylic acids is 1. The fraction of sp³-hybridized carbons (Fsp3) is 0.462. The van der Waals surface area contributed by atoms with Crippen LogP contribution in [0.15, 0.2) is 29.2 Å². The van der Waals surface area contributed by atoms with E-state index in [1.165, 1.54) is 0 Å². The maximum absolute atomic E-state index is 11.7. The maximum Gasteiger partial charge on any atom is 0.310 e. The summed E-state index contributed by atoms with van der Waals surface area (Å²) in [6.45, 7) is 5.64. The van der Waals surface area contributed by atoms with Crippen molar-refractivity contribution in [2.45, 2.75) is 37.7 Å². The van der Waals surface area contributed by atoms with E-state index in [4.69, 9.17) is 4.74 Å². The van der Waals surface area contributed by atoms with Crippen LogP contribution in [0.2, 0.25) is 0 Å². The molecular weight excluding hydrogens is 220 g/mol. The summed E-state index contributed by atoms with van der Waals surface area (Å²) in [5.74, 6) is -0.172. The number of esters is 1. The molecule has 0 N–H and O–H groups in total. The first-order valence-electron chi connectivity index (χ1n) is 5.26. The van der Waals surface area contributed by atoms with E-state index in [0.717, 1.165) is 10.5 Å². The van der Waals surface area contributed by atoms with Gasteiger partial charge in [-0.15, -0.1) is 11.8 Å². The van der Waals surface area contributed by atoms with Crippen LogP contribution in [-0.4, -0.2) is 17.8 Å². The Hall–Kier alpha value is -0.960. The molecule has 0 fully saturated rings. The van der Waals surface area contributed by atoms with Gasteiger partial charge in [0.25, 0.3) is 0 Å². The van der Waals surface area contributed by atoms with Crippen molar-refractivity contribution in [3.8, 4) is 0 Å². The van der Waals surface area contributed by atoms with Gasteiger partial charge in [-0.25, -0.2) is 0 Å². The van der Waals surface area contributed by atoms with Gasteiger partial charge in [-0.05, 0) is 38.7 Å². The summed E-state index contributed by atoms with van der Waals surface area (Å²) in [4.78, 5) is 12.8. The zero-order valence-corrected chi connectivity index (χ0v) is 11.1. The van der Waals surface area contributed by atoms with Crippen LogP contribution < -0.4 is 0 Å². The lowest BCUT2D eigenvalue weighted by molar-refractivity contribution is -0.153. The molecule has 0 aliphatic carbocycles. The number of thioether (sulfide) groups is 1. The van der Waals surface area contributed by atoms with Crippen LogP contribution in [-0.2, 0) is 16.0 Å². The Bertz CT molecular complexity index is 366. The van der Waals surface area contributed by atoms with Crippen molar-refractivity contribution in [1.82, 2.24) is 0 Å². The summed E-state index contributed by atoms with van der Waals surface area (Å²) >= 11 is 1.65. The minimum atomic E-state index is -0.411. The Kier molecular flexibility index (Phi) is 4.42. The molecule has 0 spiro atoms. The molecule has 0 aliphatic rings. The Morgan fingerprint density at radius 3 is 2.50 bits per heavy atom. The van der Waals surface area contributed by atoms with E-state index in [2.05, 4.69) is 0 Å². The zero-order chi connectivity index (χ0) is 12.2. The van der Waals surface area contributed by atoms with E-state index in [1.807, 2.05) is 51.3 Å². The van der Waals surface area contributed by atoms with Crippen molar-refractivity contribution in [3.63, 3.8) is 0 Å². The van der Waals surface area contributed by atoms with E-state index in [-0.39, 0.29) is 5.97 Å². The second kappa shape index (κ2) is 5.39. The average Bonchev–Trinajstić information content (AvgIpc) is 2.15. The van der Waals surface area contributed by atoms with Gasteiger partial charge < -0.3 is 4.74 Å². The molecule has 0 saturated carbocycles. The highest BCUT2D eigenvalue weighted by Crippen LogP contribution is 2.21. The smallest absolute Gasteiger partial charge is 0.310 e. The van der Waals surface area contributed by atoms with Crippen LogP contribution >= 0.6 is 11.8 Å². The predicted molar refractivity (Wildman–Crippen MR) is 67.8 cm³/mol. The monoisotopic (exact) mass is 238 g/mol. The molecule has 16 heavy (non-hydrogen) atoms. The number of ether oxygens (including phenoxy) is 1. The Morgan fingerprint density at radius 2 is 1.94 bits per heavy atom. The first-order chi connectivity index (χ1) is 7.42. The van der Waals surface area contributed by atoms with Gasteiger partial charge in [-0.2, -0.15) is 0 Å².